The van der Waals surface area contributed by atoms with Gasteiger partial charge in [-0.1, -0.05) is 26.0 Å². The summed E-state index contributed by atoms with van der Waals surface area (Å²) < 4.78 is 11.6. The van der Waals surface area contributed by atoms with Crippen molar-refractivity contribution in [3.05, 3.63) is 29.8 Å². The zero-order valence-electron chi connectivity index (χ0n) is 16.8. The van der Waals surface area contributed by atoms with Crippen molar-refractivity contribution in [2.45, 2.75) is 71.5 Å². The molecular weight excluding hydrogens is 316 g/mol. The molecule has 2 atom stereocenters. The van der Waals surface area contributed by atoms with Crippen LogP contribution in [0.2, 0.25) is 0 Å². The fraction of sp³-hybridized carbons (Fsp3) is 0.700. The number of rotatable bonds is 2. The summed E-state index contributed by atoms with van der Waals surface area (Å²) in [5, 5.41) is 5.70. The Morgan fingerprint density at radius 2 is 1.72 bits per heavy atom. The number of methoxy groups -OCH3 is 1. The molecule has 5 heteroatoms. The lowest BCUT2D eigenvalue weighted by molar-refractivity contribution is -0.334. The highest BCUT2D eigenvalue weighted by Gasteiger charge is 2.67. The molecule has 5 nitrogen and oxygen atoms in total. The largest absolute Gasteiger partial charge is 0.497 e. The maximum Gasteiger partial charge on any atom is 0.253 e. The second kappa shape index (κ2) is 5.68. The zero-order chi connectivity index (χ0) is 18.7. The van der Waals surface area contributed by atoms with Crippen molar-refractivity contribution in [1.82, 2.24) is 10.4 Å². The second-order valence-corrected chi connectivity index (χ2v) is 9.40. The lowest BCUT2D eigenvalue weighted by atomic mass is 9.76. The summed E-state index contributed by atoms with van der Waals surface area (Å²) in [6.45, 7) is 15.8. The number of benzene rings is 1. The Bertz CT molecular complexity index is 633. The van der Waals surface area contributed by atoms with E-state index in [0.717, 1.165) is 5.75 Å². The van der Waals surface area contributed by atoms with Crippen molar-refractivity contribution in [3.8, 4) is 5.75 Å². The van der Waals surface area contributed by atoms with Crippen molar-refractivity contribution in [2.75, 3.05) is 13.7 Å². The van der Waals surface area contributed by atoms with Gasteiger partial charge < -0.3 is 9.47 Å². The van der Waals surface area contributed by atoms with Gasteiger partial charge in [0.05, 0.1) is 25.2 Å². The SMILES string of the molecule is COc1ccc(C2N(C(C)(C)C)OC3(NC(C)(C)CO3)C2(C)C)cc1. The topological polar surface area (TPSA) is 43.0 Å². The van der Waals surface area contributed by atoms with Gasteiger partial charge in [-0.2, -0.15) is 5.06 Å². The van der Waals surface area contributed by atoms with Crippen LogP contribution in [-0.2, 0) is 9.57 Å². The van der Waals surface area contributed by atoms with Gasteiger partial charge in [-0.15, -0.1) is 0 Å². The summed E-state index contributed by atoms with van der Waals surface area (Å²) in [5.74, 6) is 0.0165. The van der Waals surface area contributed by atoms with Crippen LogP contribution in [0.5, 0.6) is 5.75 Å². The summed E-state index contributed by atoms with van der Waals surface area (Å²) in [6, 6.07) is 8.28. The molecule has 2 aliphatic heterocycles. The van der Waals surface area contributed by atoms with Crippen molar-refractivity contribution in [3.63, 3.8) is 0 Å². The van der Waals surface area contributed by atoms with E-state index in [1.54, 1.807) is 7.11 Å². The lowest BCUT2D eigenvalue weighted by Crippen LogP contribution is -2.56. The minimum absolute atomic E-state index is 0.0415. The summed E-state index contributed by atoms with van der Waals surface area (Å²) in [7, 11) is 1.69. The normalized spacial score (nSPS) is 31.6. The first-order chi connectivity index (χ1) is 11.4. The molecule has 2 fully saturated rings. The summed E-state index contributed by atoms with van der Waals surface area (Å²) >= 11 is 0. The molecule has 2 unspecified atom stereocenters. The highest BCUT2D eigenvalue weighted by Crippen LogP contribution is 2.57. The number of nitrogens with one attached hydrogen (secondary N) is 1. The third kappa shape index (κ3) is 2.97. The molecular formula is C20H32N2O3. The van der Waals surface area contributed by atoms with Crippen LogP contribution in [0.15, 0.2) is 24.3 Å². The van der Waals surface area contributed by atoms with Crippen LogP contribution in [0.3, 0.4) is 0 Å². The van der Waals surface area contributed by atoms with Crippen molar-refractivity contribution in [2.24, 2.45) is 5.41 Å². The molecule has 0 radical (unpaired) electrons. The highest BCUT2D eigenvalue weighted by molar-refractivity contribution is 5.31. The summed E-state index contributed by atoms with van der Waals surface area (Å²) in [6.07, 6.45) is 0. The van der Waals surface area contributed by atoms with E-state index in [9.17, 15) is 0 Å². The Hall–Kier alpha value is -1.14. The molecule has 1 aromatic carbocycles. The second-order valence-electron chi connectivity index (χ2n) is 9.40. The number of hydrogen-bond acceptors (Lipinski definition) is 5. The molecule has 2 saturated heterocycles. The maximum atomic E-state index is 6.52. The predicted octanol–water partition coefficient (Wildman–Crippen LogP) is 3.86. The summed E-state index contributed by atoms with van der Waals surface area (Å²) in [4.78, 5) is 6.52. The molecule has 3 rings (SSSR count). The Labute approximate surface area is 151 Å². The minimum atomic E-state index is -0.839. The van der Waals surface area contributed by atoms with E-state index in [-0.39, 0.29) is 22.5 Å². The van der Waals surface area contributed by atoms with Crippen LogP contribution in [0.25, 0.3) is 0 Å². The molecule has 140 valence electrons. The van der Waals surface area contributed by atoms with Gasteiger partial charge in [-0.3, -0.25) is 5.32 Å². The van der Waals surface area contributed by atoms with Gasteiger partial charge in [0.25, 0.3) is 5.91 Å². The van der Waals surface area contributed by atoms with Gasteiger partial charge in [-0.05, 0) is 52.3 Å². The van der Waals surface area contributed by atoms with Gasteiger partial charge in [0.1, 0.15) is 5.75 Å². The van der Waals surface area contributed by atoms with Crippen LogP contribution in [0.4, 0.5) is 0 Å². The van der Waals surface area contributed by atoms with Crippen molar-refractivity contribution < 1.29 is 14.3 Å². The molecule has 0 aromatic heterocycles. The molecule has 0 amide bonds. The Morgan fingerprint density at radius 1 is 1.12 bits per heavy atom. The van der Waals surface area contributed by atoms with Crippen LogP contribution in [-0.4, -0.2) is 35.8 Å². The van der Waals surface area contributed by atoms with Crippen molar-refractivity contribution >= 4 is 0 Å². The third-order valence-corrected chi connectivity index (χ3v) is 5.23. The quantitative estimate of drug-likeness (QED) is 0.879. The molecule has 0 bridgehead atoms. The molecule has 1 spiro atoms. The Kier molecular flexibility index (Phi) is 4.24. The van der Waals surface area contributed by atoms with Gasteiger partial charge in [-0.25, -0.2) is 4.84 Å². The van der Waals surface area contributed by atoms with Crippen LogP contribution in [0.1, 0.15) is 60.1 Å². The molecule has 25 heavy (non-hydrogen) atoms. The standard InChI is InChI=1S/C20H32N2O3/c1-17(2,3)22-16(14-9-11-15(23-8)12-10-14)19(6,7)20(25-22)21-18(4,5)13-24-20/h9-12,16,21H,13H2,1-8H3. The van der Waals surface area contributed by atoms with E-state index in [1.807, 2.05) is 12.1 Å². The Balaban J connectivity index is 2.06. The van der Waals surface area contributed by atoms with Gasteiger partial charge >= 0.3 is 0 Å². The van der Waals surface area contributed by atoms with Crippen LogP contribution >= 0.6 is 0 Å². The molecule has 1 aromatic rings. The first-order valence-corrected chi connectivity index (χ1v) is 8.98. The van der Waals surface area contributed by atoms with E-state index in [0.29, 0.717) is 6.61 Å². The fourth-order valence-corrected chi connectivity index (χ4v) is 3.84. The van der Waals surface area contributed by atoms with Crippen molar-refractivity contribution in [1.29, 1.82) is 0 Å². The molecule has 0 aliphatic carbocycles. The molecule has 0 saturated carbocycles. The van der Waals surface area contributed by atoms with Crippen LogP contribution < -0.4 is 10.1 Å². The number of hydrogen-bond donors (Lipinski definition) is 1. The van der Waals surface area contributed by atoms with Gasteiger partial charge in [0, 0.05) is 11.1 Å². The maximum absolute atomic E-state index is 6.52. The molecule has 2 aliphatic rings. The van der Waals surface area contributed by atoms with Gasteiger partial charge in [0.15, 0.2) is 0 Å². The molecule has 2 heterocycles. The van der Waals surface area contributed by atoms with E-state index < -0.39 is 5.91 Å². The number of nitrogens with zero attached hydrogens (tertiary/aromatic N) is 1. The average Bonchev–Trinajstić information content (AvgIpc) is 2.94. The monoisotopic (exact) mass is 348 g/mol. The number of ether oxygens (including phenoxy) is 2. The van der Waals surface area contributed by atoms with E-state index >= 15 is 0 Å². The average molecular weight is 348 g/mol. The first kappa shape index (κ1) is 18.6. The minimum Gasteiger partial charge on any atom is -0.497 e. The third-order valence-electron chi connectivity index (χ3n) is 5.23. The van der Waals surface area contributed by atoms with Crippen LogP contribution in [0, 0.1) is 5.41 Å². The Morgan fingerprint density at radius 3 is 2.16 bits per heavy atom. The lowest BCUT2D eigenvalue weighted by Gasteiger charge is -2.38. The van der Waals surface area contributed by atoms with E-state index in [4.69, 9.17) is 14.3 Å². The highest BCUT2D eigenvalue weighted by atomic mass is 16.8. The smallest absolute Gasteiger partial charge is 0.253 e. The molecule has 1 N–H and O–H groups in total. The first-order valence-electron chi connectivity index (χ1n) is 8.98. The van der Waals surface area contributed by atoms with E-state index in [2.05, 4.69) is 71.0 Å². The fourth-order valence-electron chi connectivity index (χ4n) is 3.84. The van der Waals surface area contributed by atoms with E-state index in [1.165, 1.54) is 5.56 Å². The zero-order valence-corrected chi connectivity index (χ0v) is 16.8. The number of hydroxylamine groups is 2. The van der Waals surface area contributed by atoms with Gasteiger partial charge in [0.2, 0.25) is 0 Å². The predicted molar refractivity (Wildman–Crippen MR) is 98.1 cm³/mol. The summed E-state index contributed by atoms with van der Waals surface area (Å²) in [5.41, 5.74) is 0.578.